The molecule has 0 saturated carbocycles. The number of nitrogens with one attached hydrogen (secondary N) is 1. The van der Waals surface area contributed by atoms with E-state index in [-0.39, 0.29) is 24.0 Å². The number of aromatic nitrogens is 1. The number of nitrogens with zero attached hydrogens (tertiary/aromatic N) is 4. The third-order valence-electron chi connectivity index (χ3n) is 4.38. The number of hydrogen-bond donors (Lipinski definition) is 1. The standard InChI is InChI=1S/C18H31N5O.HI/c1-4-20-18(21-11-13-24-17-8-7-10-19-14-17)23-12-9-16(15-23)22(5-2)6-3;/h7-8,10,14,16H,4-6,9,11-13,15H2,1-3H3,(H,20,21);1H. The van der Waals surface area contributed by atoms with Crippen LogP contribution < -0.4 is 10.1 Å². The van der Waals surface area contributed by atoms with Gasteiger partial charge in [-0.2, -0.15) is 0 Å². The van der Waals surface area contributed by atoms with E-state index >= 15 is 0 Å². The minimum Gasteiger partial charge on any atom is -0.490 e. The molecule has 2 rings (SSSR count). The fourth-order valence-electron chi connectivity index (χ4n) is 3.15. The molecule has 0 aromatic carbocycles. The van der Waals surface area contributed by atoms with Crippen LogP contribution in [0.25, 0.3) is 0 Å². The lowest BCUT2D eigenvalue weighted by atomic mass is 10.2. The Morgan fingerprint density at radius 2 is 2.20 bits per heavy atom. The Balaban J connectivity index is 0.00000312. The first-order chi connectivity index (χ1) is 11.8. The van der Waals surface area contributed by atoms with Crippen molar-refractivity contribution in [2.24, 2.45) is 4.99 Å². The number of hydrogen-bond acceptors (Lipinski definition) is 4. The second-order valence-corrected chi connectivity index (χ2v) is 5.88. The summed E-state index contributed by atoms with van der Waals surface area (Å²) in [6.45, 7) is 13.0. The van der Waals surface area contributed by atoms with Gasteiger partial charge in [-0.3, -0.25) is 9.88 Å². The summed E-state index contributed by atoms with van der Waals surface area (Å²) in [7, 11) is 0. The lowest BCUT2D eigenvalue weighted by molar-refractivity contribution is 0.223. The fraction of sp³-hybridized carbons (Fsp3) is 0.667. The van der Waals surface area contributed by atoms with Gasteiger partial charge < -0.3 is 15.0 Å². The van der Waals surface area contributed by atoms with Crippen LogP contribution >= 0.6 is 24.0 Å². The Bertz CT molecular complexity index is 495. The minimum atomic E-state index is 0. The van der Waals surface area contributed by atoms with E-state index in [0.717, 1.165) is 44.4 Å². The summed E-state index contributed by atoms with van der Waals surface area (Å²) in [5, 5.41) is 3.41. The maximum Gasteiger partial charge on any atom is 0.194 e. The normalized spacial score (nSPS) is 17.5. The highest BCUT2D eigenvalue weighted by molar-refractivity contribution is 14.0. The molecule has 1 aliphatic heterocycles. The van der Waals surface area contributed by atoms with Crippen molar-refractivity contribution in [1.82, 2.24) is 20.1 Å². The van der Waals surface area contributed by atoms with Crippen LogP contribution in [0.4, 0.5) is 0 Å². The quantitative estimate of drug-likeness (QED) is 0.279. The average Bonchev–Trinajstić information content (AvgIpc) is 3.09. The first-order valence-electron chi connectivity index (χ1n) is 9.08. The summed E-state index contributed by atoms with van der Waals surface area (Å²) >= 11 is 0. The van der Waals surface area contributed by atoms with E-state index in [2.05, 4.69) is 40.9 Å². The number of likely N-dealkylation sites (tertiary alicyclic amines) is 1. The topological polar surface area (TPSA) is 53.0 Å². The molecule has 1 unspecified atom stereocenters. The van der Waals surface area contributed by atoms with Crippen LogP contribution in [0.3, 0.4) is 0 Å². The van der Waals surface area contributed by atoms with E-state index < -0.39 is 0 Å². The molecule has 2 heterocycles. The Morgan fingerprint density at radius 1 is 1.40 bits per heavy atom. The van der Waals surface area contributed by atoms with Crippen LogP contribution in [0.15, 0.2) is 29.5 Å². The average molecular weight is 461 g/mol. The smallest absolute Gasteiger partial charge is 0.194 e. The van der Waals surface area contributed by atoms with Gasteiger partial charge in [0.2, 0.25) is 0 Å². The van der Waals surface area contributed by atoms with Crippen molar-refractivity contribution in [2.45, 2.75) is 33.2 Å². The number of guanidine groups is 1. The molecule has 25 heavy (non-hydrogen) atoms. The van der Waals surface area contributed by atoms with Gasteiger partial charge in [0.15, 0.2) is 5.96 Å². The number of aliphatic imine (C=N–C) groups is 1. The van der Waals surface area contributed by atoms with Gasteiger partial charge >= 0.3 is 0 Å². The van der Waals surface area contributed by atoms with Crippen LogP contribution in [0.2, 0.25) is 0 Å². The molecule has 1 N–H and O–H groups in total. The summed E-state index contributed by atoms with van der Waals surface area (Å²) in [6.07, 6.45) is 4.68. The Hall–Kier alpha value is -1.09. The number of likely N-dealkylation sites (N-methyl/N-ethyl adjacent to an activating group) is 1. The largest absolute Gasteiger partial charge is 0.490 e. The van der Waals surface area contributed by atoms with Crippen LogP contribution in [-0.2, 0) is 0 Å². The highest BCUT2D eigenvalue weighted by Gasteiger charge is 2.27. The summed E-state index contributed by atoms with van der Waals surface area (Å²) in [5.74, 6) is 1.79. The number of pyridine rings is 1. The summed E-state index contributed by atoms with van der Waals surface area (Å²) < 4.78 is 5.67. The summed E-state index contributed by atoms with van der Waals surface area (Å²) in [5.41, 5.74) is 0. The molecule has 1 atom stereocenters. The second kappa shape index (κ2) is 12.3. The van der Waals surface area contributed by atoms with Gasteiger partial charge in [-0.25, -0.2) is 4.99 Å². The van der Waals surface area contributed by atoms with Gasteiger partial charge in [0.25, 0.3) is 0 Å². The van der Waals surface area contributed by atoms with Gasteiger partial charge in [0.05, 0.1) is 12.7 Å². The first kappa shape index (κ1) is 22.0. The van der Waals surface area contributed by atoms with Crippen LogP contribution in [0.1, 0.15) is 27.2 Å². The molecule has 1 aromatic heterocycles. The molecule has 1 aliphatic rings. The Labute approximate surface area is 169 Å². The van der Waals surface area contributed by atoms with E-state index in [1.54, 1.807) is 12.4 Å². The SMILES string of the molecule is CCNC(=NCCOc1cccnc1)N1CCC(N(CC)CC)C1.I. The first-order valence-corrected chi connectivity index (χ1v) is 9.08. The molecule has 1 saturated heterocycles. The Morgan fingerprint density at radius 3 is 2.84 bits per heavy atom. The molecule has 0 radical (unpaired) electrons. The van der Waals surface area contributed by atoms with Gasteiger partial charge in [0.1, 0.15) is 12.4 Å². The molecule has 142 valence electrons. The monoisotopic (exact) mass is 461 g/mol. The zero-order valence-corrected chi connectivity index (χ0v) is 18.0. The van der Waals surface area contributed by atoms with E-state index in [1.807, 2.05) is 12.1 Å². The summed E-state index contributed by atoms with van der Waals surface area (Å²) in [6, 6.07) is 4.42. The predicted octanol–water partition coefficient (Wildman–Crippen LogP) is 2.46. The number of rotatable bonds is 8. The molecule has 1 aromatic rings. The maximum atomic E-state index is 5.67. The van der Waals surface area contributed by atoms with Crippen LogP contribution in [-0.4, -0.2) is 72.7 Å². The Kier molecular flexibility index (Phi) is 10.8. The molecular formula is C18H32IN5O. The van der Waals surface area contributed by atoms with Crippen molar-refractivity contribution >= 4 is 29.9 Å². The molecule has 1 fully saturated rings. The van der Waals surface area contributed by atoms with Gasteiger partial charge in [-0.05, 0) is 38.6 Å². The van der Waals surface area contributed by atoms with Crippen molar-refractivity contribution in [3.05, 3.63) is 24.5 Å². The van der Waals surface area contributed by atoms with E-state index in [9.17, 15) is 0 Å². The highest BCUT2D eigenvalue weighted by Crippen LogP contribution is 2.15. The third-order valence-corrected chi connectivity index (χ3v) is 4.38. The van der Waals surface area contributed by atoms with E-state index in [1.165, 1.54) is 6.42 Å². The minimum absolute atomic E-state index is 0. The third kappa shape index (κ3) is 6.97. The van der Waals surface area contributed by atoms with E-state index in [0.29, 0.717) is 19.2 Å². The fourth-order valence-corrected chi connectivity index (χ4v) is 3.15. The zero-order valence-electron chi connectivity index (χ0n) is 15.6. The zero-order chi connectivity index (χ0) is 17.2. The highest BCUT2D eigenvalue weighted by atomic mass is 127. The molecule has 0 aliphatic carbocycles. The van der Waals surface area contributed by atoms with E-state index in [4.69, 9.17) is 9.73 Å². The van der Waals surface area contributed by atoms with Crippen molar-refractivity contribution in [3.8, 4) is 5.75 Å². The van der Waals surface area contributed by atoms with Crippen LogP contribution in [0.5, 0.6) is 5.75 Å². The molecule has 0 bridgehead atoms. The molecule has 7 heteroatoms. The van der Waals surface area contributed by atoms with Gasteiger partial charge in [-0.15, -0.1) is 24.0 Å². The summed E-state index contributed by atoms with van der Waals surface area (Å²) in [4.78, 5) is 13.7. The van der Waals surface area contributed by atoms with Gasteiger partial charge in [-0.1, -0.05) is 13.8 Å². The van der Waals surface area contributed by atoms with Crippen molar-refractivity contribution < 1.29 is 4.74 Å². The molecule has 0 spiro atoms. The molecule has 6 nitrogen and oxygen atoms in total. The second-order valence-electron chi connectivity index (χ2n) is 5.88. The van der Waals surface area contributed by atoms with Crippen LogP contribution in [0, 0.1) is 0 Å². The molecule has 0 amide bonds. The number of ether oxygens (including phenoxy) is 1. The number of halogens is 1. The maximum absolute atomic E-state index is 5.67. The predicted molar refractivity (Wildman–Crippen MR) is 114 cm³/mol. The lowest BCUT2D eigenvalue weighted by Gasteiger charge is -2.27. The van der Waals surface area contributed by atoms with Crippen molar-refractivity contribution in [3.63, 3.8) is 0 Å². The van der Waals surface area contributed by atoms with Crippen molar-refractivity contribution in [1.29, 1.82) is 0 Å². The molecular weight excluding hydrogens is 429 g/mol. The van der Waals surface area contributed by atoms with Gasteiger partial charge in [0, 0.05) is 31.9 Å². The lowest BCUT2D eigenvalue weighted by Crippen LogP contribution is -2.43. The van der Waals surface area contributed by atoms with Crippen molar-refractivity contribution in [2.75, 3.05) is 45.9 Å².